The van der Waals surface area contributed by atoms with Crippen molar-refractivity contribution in [2.75, 3.05) is 0 Å². The van der Waals surface area contributed by atoms with Gasteiger partial charge < -0.3 is 5.11 Å². The first kappa shape index (κ1) is 8.83. The molecule has 2 rings (SSSR count). The van der Waals surface area contributed by atoms with Gasteiger partial charge in [-0.1, -0.05) is 6.07 Å². The number of rotatable bonds is 2. The predicted molar refractivity (Wildman–Crippen MR) is 52.3 cm³/mol. The summed E-state index contributed by atoms with van der Waals surface area (Å²) in [5.41, 5.74) is 3.02. The highest BCUT2D eigenvalue weighted by molar-refractivity contribution is 7.07. The summed E-state index contributed by atoms with van der Waals surface area (Å²) in [6.07, 6.45) is 0. The van der Waals surface area contributed by atoms with Gasteiger partial charge in [-0.2, -0.15) is 0 Å². The summed E-state index contributed by atoms with van der Waals surface area (Å²) in [5.74, 6) is -1.03. The summed E-state index contributed by atoms with van der Waals surface area (Å²) in [4.78, 5) is 18.7. The van der Waals surface area contributed by atoms with Crippen LogP contribution in [0.3, 0.4) is 0 Å². The molecule has 14 heavy (non-hydrogen) atoms. The van der Waals surface area contributed by atoms with E-state index in [0.29, 0.717) is 11.4 Å². The minimum Gasteiger partial charge on any atom is -0.477 e. The molecule has 2 aromatic heterocycles. The van der Waals surface area contributed by atoms with Crippen LogP contribution in [0.4, 0.5) is 0 Å². The van der Waals surface area contributed by atoms with Crippen LogP contribution in [0.25, 0.3) is 11.4 Å². The predicted octanol–water partition coefficient (Wildman–Crippen LogP) is 1.90. The SMILES string of the molecule is O=C(O)c1cccc(-c2cscn2)n1. The third kappa shape index (κ3) is 1.62. The second kappa shape index (κ2) is 3.55. The second-order valence-corrected chi connectivity index (χ2v) is 3.31. The molecule has 2 aromatic rings. The summed E-state index contributed by atoms with van der Waals surface area (Å²) in [7, 11) is 0. The normalized spacial score (nSPS) is 10.0. The lowest BCUT2D eigenvalue weighted by molar-refractivity contribution is 0.0690. The summed E-state index contributed by atoms with van der Waals surface area (Å²) >= 11 is 1.45. The average Bonchev–Trinajstić information content (AvgIpc) is 2.71. The zero-order valence-electron chi connectivity index (χ0n) is 7.04. The molecule has 0 saturated heterocycles. The highest BCUT2D eigenvalue weighted by Gasteiger charge is 2.07. The third-order valence-corrected chi connectivity index (χ3v) is 2.25. The van der Waals surface area contributed by atoms with Gasteiger partial charge >= 0.3 is 5.97 Å². The molecule has 0 saturated carbocycles. The molecule has 0 bridgehead atoms. The highest BCUT2D eigenvalue weighted by Crippen LogP contribution is 2.16. The Morgan fingerprint density at radius 2 is 2.21 bits per heavy atom. The number of nitrogens with zero attached hydrogens (tertiary/aromatic N) is 2. The molecule has 0 spiro atoms. The number of hydrogen-bond acceptors (Lipinski definition) is 4. The minimum atomic E-state index is -1.03. The fourth-order valence-corrected chi connectivity index (χ4v) is 1.58. The second-order valence-electron chi connectivity index (χ2n) is 2.59. The summed E-state index contributed by atoms with van der Waals surface area (Å²) < 4.78 is 0. The van der Waals surface area contributed by atoms with Gasteiger partial charge in [-0.15, -0.1) is 11.3 Å². The van der Waals surface area contributed by atoms with Crippen molar-refractivity contribution in [1.82, 2.24) is 9.97 Å². The monoisotopic (exact) mass is 206 g/mol. The standard InChI is InChI=1S/C9H6N2O2S/c12-9(13)7-3-1-2-6(11-7)8-4-14-5-10-8/h1-5H,(H,12,13). The van der Waals surface area contributed by atoms with Crippen molar-refractivity contribution in [2.45, 2.75) is 0 Å². The quantitative estimate of drug-likeness (QED) is 0.815. The first-order valence-corrected chi connectivity index (χ1v) is 4.80. The fourth-order valence-electron chi connectivity index (χ4n) is 1.04. The van der Waals surface area contributed by atoms with Crippen LogP contribution in [0.1, 0.15) is 10.5 Å². The molecule has 1 N–H and O–H groups in total. The Balaban J connectivity index is 2.46. The van der Waals surface area contributed by atoms with Gasteiger partial charge in [0.2, 0.25) is 0 Å². The number of carbonyl (C=O) groups is 1. The molecule has 5 heteroatoms. The summed E-state index contributed by atoms with van der Waals surface area (Å²) in [6, 6.07) is 4.85. The molecule has 70 valence electrons. The molecule has 0 aliphatic carbocycles. The molecule has 2 heterocycles. The molecule has 0 fully saturated rings. The number of aromatic carboxylic acids is 1. The lowest BCUT2D eigenvalue weighted by atomic mass is 10.2. The first-order chi connectivity index (χ1) is 6.77. The maximum Gasteiger partial charge on any atom is 0.354 e. The van der Waals surface area contributed by atoms with Gasteiger partial charge in [0.05, 0.1) is 16.9 Å². The molecule has 0 unspecified atom stereocenters. The first-order valence-electron chi connectivity index (χ1n) is 3.86. The molecule has 0 aromatic carbocycles. The van der Waals surface area contributed by atoms with Crippen molar-refractivity contribution in [3.63, 3.8) is 0 Å². The zero-order chi connectivity index (χ0) is 9.97. The van der Waals surface area contributed by atoms with Crippen LogP contribution in [0.5, 0.6) is 0 Å². The van der Waals surface area contributed by atoms with E-state index in [-0.39, 0.29) is 5.69 Å². The van der Waals surface area contributed by atoms with Crippen LogP contribution in [-0.2, 0) is 0 Å². The third-order valence-electron chi connectivity index (χ3n) is 1.66. The molecule has 0 aliphatic heterocycles. The van der Waals surface area contributed by atoms with E-state index in [0.717, 1.165) is 0 Å². The average molecular weight is 206 g/mol. The zero-order valence-corrected chi connectivity index (χ0v) is 7.86. The van der Waals surface area contributed by atoms with Gasteiger partial charge in [-0.3, -0.25) is 0 Å². The fraction of sp³-hybridized carbons (Fsp3) is 0. The number of carboxylic acid groups (broad SMARTS) is 1. The molecule has 4 nitrogen and oxygen atoms in total. The maximum atomic E-state index is 10.6. The lowest BCUT2D eigenvalue weighted by Crippen LogP contribution is -2.00. The number of carboxylic acids is 1. The van der Waals surface area contributed by atoms with Gasteiger partial charge in [0, 0.05) is 5.38 Å². The van der Waals surface area contributed by atoms with Crippen LogP contribution in [0.2, 0.25) is 0 Å². The van der Waals surface area contributed by atoms with Crippen molar-refractivity contribution < 1.29 is 9.90 Å². The topological polar surface area (TPSA) is 63.1 Å². The van der Waals surface area contributed by atoms with Crippen molar-refractivity contribution in [1.29, 1.82) is 0 Å². The Labute approximate surface area is 83.9 Å². The van der Waals surface area contributed by atoms with Crippen molar-refractivity contribution in [3.8, 4) is 11.4 Å². The smallest absolute Gasteiger partial charge is 0.354 e. The number of hydrogen-bond donors (Lipinski definition) is 1. The number of aromatic nitrogens is 2. The van der Waals surface area contributed by atoms with E-state index in [1.807, 2.05) is 5.38 Å². The Bertz CT molecular complexity index is 454. The Morgan fingerprint density at radius 1 is 1.36 bits per heavy atom. The van der Waals surface area contributed by atoms with E-state index in [1.54, 1.807) is 17.6 Å². The maximum absolute atomic E-state index is 10.6. The molecule has 0 radical (unpaired) electrons. The van der Waals surface area contributed by atoms with Gasteiger partial charge in [0.1, 0.15) is 5.69 Å². The number of thiazole rings is 1. The van der Waals surface area contributed by atoms with Crippen LogP contribution < -0.4 is 0 Å². The number of pyridine rings is 1. The van der Waals surface area contributed by atoms with Gasteiger partial charge in [0.25, 0.3) is 0 Å². The van der Waals surface area contributed by atoms with E-state index < -0.39 is 5.97 Å². The van der Waals surface area contributed by atoms with Gasteiger partial charge in [-0.05, 0) is 12.1 Å². The van der Waals surface area contributed by atoms with Crippen molar-refractivity contribution >= 4 is 17.3 Å². The molecule has 0 aliphatic rings. The van der Waals surface area contributed by atoms with E-state index in [9.17, 15) is 4.79 Å². The lowest BCUT2D eigenvalue weighted by Gasteiger charge is -1.97. The van der Waals surface area contributed by atoms with E-state index in [1.165, 1.54) is 17.4 Å². The highest BCUT2D eigenvalue weighted by atomic mass is 32.1. The van der Waals surface area contributed by atoms with Crippen LogP contribution in [0, 0.1) is 0 Å². The minimum absolute atomic E-state index is 0.0375. The van der Waals surface area contributed by atoms with Gasteiger partial charge in [0.15, 0.2) is 0 Å². The molecular weight excluding hydrogens is 200 g/mol. The van der Waals surface area contributed by atoms with Gasteiger partial charge in [-0.25, -0.2) is 14.8 Å². The summed E-state index contributed by atoms with van der Waals surface area (Å²) in [5, 5.41) is 10.6. The molecule has 0 atom stereocenters. The Hall–Kier alpha value is -1.75. The van der Waals surface area contributed by atoms with E-state index in [4.69, 9.17) is 5.11 Å². The summed E-state index contributed by atoms with van der Waals surface area (Å²) in [6.45, 7) is 0. The van der Waals surface area contributed by atoms with Crippen LogP contribution in [0.15, 0.2) is 29.1 Å². The molecule has 0 amide bonds. The van der Waals surface area contributed by atoms with Crippen molar-refractivity contribution in [2.24, 2.45) is 0 Å². The van der Waals surface area contributed by atoms with Crippen molar-refractivity contribution in [3.05, 3.63) is 34.8 Å². The largest absolute Gasteiger partial charge is 0.477 e. The van der Waals surface area contributed by atoms with Crippen LogP contribution in [-0.4, -0.2) is 21.0 Å². The molecular formula is C9H6N2O2S. The van der Waals surface area contributed by atoms with E-state index >= 15 is 0 Å². The Morgan fingerprint density at radius 3 is 2.86 bits per heavy atom. The van der Waals surface area contributed by atoms with Crippen LogP contribution >= 0.6 is 11.3 Å². The Kier molecular flexibility index (Phi) is 2.24. The van der Waals surface area contributed by atoms with E-state index in [2.05, 4.69) is 9.97 Å².